The molecule has 0 spiro atoms. The summed E-state index contributed by atoms with van der Waals surface area (Å²) in [6, 6.07) is 24.6. The predicted octanol–water partition coefficient (Wildman–Crippen LogP) is 6.41. The van der Waals surface area contributed by atoms with E-state index in [0.29, 0.717) is 12.1 Å². The minimum atomic E-state index is -1.51. The van der Waals surface area contributed by atoms with E-state index in [1.54, 1.807) is 12.1 Å². The molecule has 2 amide bonds. The Hall–Kier alpha value is -4.03. The summed E-state index contributed by atoms with van der Waals surface area (Å²) >= 11 is 0. The third-order valence-corrected chi connectivity index (χ3v) is 9.29. The van der Waals surface area contributed by atoms with Crippen molar-refractivity contribution in [3.05, 3.63) is 101 Å². The number of nitrogens with one attached hydrogen (secondary N) is 1. The van der Waals surface area contributed by atoms with Crippen molar-refractivity contribution in [2.24, 2.45) is 17.8 Å². The monoisotopic (exact) mass is 548 g/mol. The average molecular weight is 549 g/mol. The fourth-order valence-electron chi connectivity index (χ4n) is 7.23. The average Bonchev–Trinajstić information content (AvgIpc) is 3.47. The number of hydrogen-bond donors (Lipinski definition) is 2. The quantitative estimate of drug-likeness (QED) is 0.263. The van der Waals surface area contributed by atoms with Gasteiger partial charge in [0.05, 0.1) is 17.5 Å². The van der Waals surface area contributed by atoms with Gasteiger partial charge in [-0.1, -0.05) is 117 Å². The van der Waals surface area contributed by atoms with Crippen molar-refractivity contribution in [1.82, 2.24) is 5.32 Å². The Morgan fingerprint density at radius 1 is 0.878 bits per heavy atom. The summed E-state index contributed by atoms with van der Waals surface area (Å²) in [5.41, 5.74) is 2.74. The highest BCUT2D eigenvalue weighted by Gasteiger charge is 2.69. The van der Waals surface area contributed by atoms with E-state index in [1.807, 2.05) is 85.8 Å². The molecule has 1 aliphatic carbocycles. The van der Waals surface area contributed by atoms with Gasteiger partial charge in [0.25, 0.3) is 0 Å². The summed E-state index contributed by atoms with van der Waals surface area (Å²) in [6.45, 7) is 1.87. The van der Waals surface area contributed by atoms with Crippen LogP contribution >= 0.6 is 0 Å². The van der Waals surface area contributed by atoms with Gasteiger partial charge in [0.2, 0.25) is 11.8 Å². The number of para-hydroxylation sites is 1. The highest BCUT2D eigenvalue weighted by molar-refractivity contribution is 6.24. The van der Waals surface area contributed by atoms with Gasteiger partial charge in [-0.05, 0) is 47.6 Å². The minimum Gasteiger partial charge on any atom is -0.480 e. The second-order valence-electron chi connectivity index (χ2n) is 11.8. The second kappa shape index (κ2) is 11.1. The Labute approximate surface area is 241 Å². The Morgan fingerprint density at radius 2 is 1.51 bits per heavy atom. The lowest BCUT2D eigenvalue weighted by atomic mass is 9.72. The van der Waals surface area contributed by atoms with E-state index in [9.17, 15) is 19.5 Å². The molecule has 6 nitrogen and oxygen atoms in total. The highest BCUT2D eigenvalue weighted by Crippen LogP contribution is 2.53. The summed E-state index contributed by atoms with van der Waals surface area (Å²) in [5, 5.41) is 14.2. The Balaban J connectivity index is 1.38. The lowest BCUT2D eigenvalue weighted by Gasteiger charge is -2.35. The minimum absolute atomic E-state index is 0.202. The number of benzene rings is 3. The molecular weight excluding hydrogens is 512 g/mol. The Morgan fingerprint density at radius 3 is 2.17 bits per heavy atom. The maximum Gasteiger partial charge on any atom is 0.324 e. The van der Waals surface area contributed by atoms with Crippen molar-refractivity contribution < 1.29 is 19.5 Å². The van der Waals surface area contributed by atoms with Crippen molar-refractivity contribution in [2.75, 3.05) is 4.90 Å². The summed E-state index contributed by atoms with van der Waals surface area (Å²) < 4.78 is 0. The van der Waals surface area contributed by atoms with Crippen LogP contribution in [-0.4, -0.2) is 28.4 Å². The number of carbonyl (C=O) groups is 3. The lowest BCUT2D eigenvalue weighted by Crippen LogP contribution is -2.57. The van der Waals surface area contributed by atoms with E-state index >= 15 is 0 Å². The van der Waals surface area contributed by atoms with Gasteiger partial charge in [-0.2, -0.15) is 0 Å². The molecule has 41 heavy (non-hydrogen) atoms. The zero-order valence-electron chi connectivity index (χ0n) is 23.3. The van der Waals surface area contributed by atoms with Gasteiger partial charge >= 0.3 is 5.97 Å². The Kier molecular flexibility index (Phi) is 7.35. The molecule has 0 aromatic heterocycles. The largest absolute Gasteiger partial charge is 0.480 e. The van der Waals surface area contributed by atoms with Crippen LogP contribution in [0.2, 0.25) is 0 Å². The first kappa shape index (κ1) is 27.2. The predicted molar refractivity (Wildman–Crippen MR) is 160 cm³/mol. The maximum absolute atomic E-state index is 14.2. The molecule has 2 saturated heterocycles. The van der Waals surface area contributed by atoms with Crippen LogP contribution in [0.25, 0.3) is 12.2 Å². The van der Waals surface area contributed by atoms with Gasteiger partial charge in [0, 0.05) is 6.04 Å². The van der Waals surface area contributed by atoms with Gasteiger partial charge in [-0.3, -0.25) is 19.7 Å². The zero-order valence-corrected chi connectivity index (χ0v) is 23.3. The molecule has 2 aliphatic heterocycles. The number of anilines is 1. The van der Waals surface area contributed by atoms with Crippen LogP contribution in [0.15, 0.2) is 78.9 Å². The highest BCUT2D eigenvalue weighted by atomic mass is 16.4. The molecule has 3 aliphatic rings. The van der Waals surface area contributed by atoms with Crippen LogP contribution in [0.4, 0.5) is 5.69 Å². The number of aliphatic carboxylic acids is 1. The van der Waals surface area contributed by atoms with Crippen LogP contribution < -0.4 is 10.2 Å². The number of aryl methyl sites for hydroxylation is 1. The van der Waals surface area contributed by atoms with Crippen molar-refractivity contribution >= 4 is 35.6 Å². The molecule has 3 aromatic carbocycles. The van der Waals surface area contributed by atoms with Crippen molar-refractivity contribution in [3.63, 3.8) is 0 Å². The number of carbonyl (C=O) groups excluding carboxylic acids is 2. The third-order valence-electron chi connectivity index (χ3n) is 9.29. The first-order valence-corrected chi connectivity index (χ1v) is 14.7. The molecular formula is C35H36N2O4. The first-order chi connectivity index (χ1) is 19.9. The standard InChI is InChI=1S/C35H36N2O4/c1-23-10-8-9-15-28(23)37-32(38)29-30(33(37)39)35(34(40)41,22-26-13-6-3-7-14-26)36-31(29)27-20-18-25(19-21-27)17-16-24-11-4-2-5-12-24/h2,4-5,8-12,15-21,26,29-31,36H,3,6-7,13-14,22H2,1H3,(H,40,41). The van der Waals surface area contributed by atoms with Gasteiger partial charge in [-0.25, -0.2) is 4.90 Å². The molecule has 4 unspecified atom stereocenters. The SMILES string of the molecule is Cc1ccccc1N1C(=O)C2C(c3ccc(C=Cc4ccccc4)cc3)NC(CC3CCCCC3)(C(=O)O)C2C1=O. The summed E-state index contributed by atoms with van der Waals surface area (Å²) in [7, 11) is 0. The number of amides is 2. The maximum atomic E-state index is 14.2. The molecule has 6 heteroatoms. The molecule has 3 aromatic rings. The fourth-order valence-corrected chi connectivity index (χ4v) is 7.23. The fraction of sp³-hybridized carbons (Fsp3) is 0.343. The van der Waals surface area contributed by atoms with Crippen LogP contribution in [0, 0.1) is 24.7 Å². The number of carboxylic acid groups (broad SMARTS) is 1. The first-order valence-electron chi connectivity index (χ1n) is 14.7. The van der Waals surface area contributed by atoms with E-state index in [1.165, 1.54) is 4.90 Å². The number of rotatable bonds is 7. The molecule has 2 heterocycles. The number of nitrogens with zero attached hydrogens (tertiary/aromatic N) is 1. The van der Waals surface area contributed by atoms with Crippen molar-refractivity contribution in [1.29, 1.82) is 0 Å². The van der Waals surface area contributed by atoms with Gasteiger partial charge < -0.3 is 5.11 Å². The molecule has 1 saturated carbocycles. The molecule has 4 atom stereocenters. The number of imide groups is 1. The van der Waals surface area contributed by atoms with Crippen LogP contribution in [0.5, 0.6) is 0 Å². The smallest absolute Gasteiger partial charge is 0.324 e. The Bertz CT molecular complexity index is 1480. The van der Waals surface area contributed by atoms with Crippen molar-refractivity contribution in [3.8, 4) is 0 Å². The van der Waals surface area contributed by atoms with E-state index < -0.39 is 35.3 Å². The summed E-state index contributed by atoms with van der Waals surface area (Å²) in [5.74, 6) is -3.36. The molecule has 2 N–H and O–H groups in total. The van der Waals surface area contributed by atoms with Crippen LogP contribution in [-0.2, 0) is 14.4 Å². The van der Waals surface area contributed by atoms with Gasteiger partial charge in [-0.15, -0.1) is 0 Å². The molecule has 6 rings (SSSR count). The molecule has 210 valence electrons. The third kappa shape index (κ3) is 4.91. The van der Waals surface area contributed by atoms with E-state index in [2.05, 4.69) is 5.32 Å². The van der Waals surface area contributed by atoms with Gasteiger partial charge in [0.1, 0.15) is 5.54 Å². The van der Waals surface area contributed by atoms with Crippen LogP contribution in [0.1, 0.15) is 66.8 Å². The van der Waals surface area contributed by atoms with E-state index in [0.717, 1.165) is 54.4 Å². The van der Waals surface area contributed by atoms with Crippen LogP contribution in [0.3, 0.4) is 0 Å². The topological polar surface area (TPSA) is 86.7 Å². The number of carboxylic acids is 1. The van der Waals surface area contributed by atoms with Crippen molar-refractivity contribution in [2.45, 2.75) is 57.0 Å². The summed E-state index contributed by atoms with van der Waals surface area (Å²) in [6.07, 6.45) is 9.60. The van der Waals surface area contributed by atoms with E-state index in [4.69, 9.17) is 0 Å². The number of fused-ring (bicyclic) bond motifs is 1. The summed E-state index contributed by atoms with van der Waals surface area (Å²) in [4.78, 5) is 42.7. The molecule has 3 fully saturated rings. The molecule has 0 bridgehead atoms. The number of hydrogen-bond acceptors (Lipinski definition) is 4. The zero-order chi connectivity index (χ0) is 28.6. The van der Waals surface area contributed by atoms with E-state index in [-0.39, 0.29) is 11.8 Å². The van der Waals surface area contributed by atoms with Gasteiger partial charge in [0.15, 0.2) is 0 Å². The molecule has 0 radical (unpaired) electrons. The lowest BCUT2D eigenvalue weighted by molar-refractivity contribution is -0.150. The second-order valence-corrected chi connectivity index (χ2v) is 11.8. The normalized spacial score (nSPS) is 26.6.